The molecule has 4 fully saturated rings. The van der Waals surface area contributed by atoms with Gasteiger partial charge in [-0.05, 0) is 116 Å². The second kappa shape index (κ2) is 14.2. The maximum Gasteiger partial charge on any atom is 0.251 e. The second-order valence-corrected chi connectivity index (χ2v) is 15.2. The van der Waals surface area contributed by atoms with E-state index in [1.54, 1.807) is 0 Å². The lowest BCUT2D eigenvalue weighted by Gasteiger charge is -2.64. The molecule has 0 spiro atoms. The summed E-state index contributed by atoms with van der Waals surface area (Å²) in [6.07, 6.45) is 0.347. The van der Waals surface area contributed by atoms with Crippen molar-refractivity contribution >= 4 is 11.8 Å². The Labute approximate surface area is 261 Å². The lowest BCUT2D eigenvalue weighted by atomic mass is 9.41. The van der Waals surface area contributed by atoms with E-state index in [1.165, 1.54) is 0 Å². The van der Waals surface area contributed by atoms with E-state index >= 15 is 0 Å². The summed E-state index contributed by atoms with van der Waals surface area (Å²) in [5.74, 6) is 0.925. The summed E-state index contributed by atoms with van der Waals surface area (Å²) in [5.41, 5.74) is 7.07. The first-order valence-electron chi connectivity index (χ1n) is 16.9. The summed E-state index contributed by atoms with van der Waals surface area (Å²) in [6, 6.07) is 0. The van der Waals surface area contributed by atoms with Crippen molar-refractivity contribution in [1.29, 1.82) is 0 Å². The zero-order valence-corrected chi connectivity index (χ0v) is 26.6. The number of hydrogen-bond acceptors (Lipinski definition) is 9. The molecule has 1 radical (unpaired) electrons. The van der Waals surface area contributed by atoms with Gasteiger partial charge >= 0.3 is 0 Å². The first-order valence-corrected chi connectivity index (χ1v) is 16.9. The van der Waals surface area contributed by atoms with Gasteiger partial charge in [0.2, 0.25) is 5.91 Å². The third-order valence-corrected chi connectivity index (χ3v) is 13.2. The van der Waals surface area contributed by atoms with Gasteiger partial charge in [-0.3, -0.25) is 15.3 Å². The third kappa shape index (κ3) is 6.57. The van der Waals surface area contributed by atoms with Gasteiger partial charge in [0.1, 0.15) is 18.3 Å². The first-order chi connectivity index (χ1) is 20.7. The van der Waals surface area contributed by atoms with E-state index in [1.807, 2.05) is 0 Å². The molecule has 0 saturated heterocycles. The van der Waals surface area contributed by atoms with Crippen molar-refractivity contribution < 1.29 is 45.3 Å². The summed E-state index contributed by atoms with van der Waals surface area (Å²) in [6.45, 7) is 6.21. The van der Waals surface area contributed by atoms with E-state index in [2.05, 4.69) is 26.1 Å². The van der Waals surface area contributed by atoms with Crippen LogP contribution < -0.4 is 11.1 Å². The first kappa shape index (κ1) is 35.5. The van der Waals surface area contributed by atoms with Crippen LogP contribution in [0.25, 0.3) is 0 Å². The Hall–Kier alpha value is -1.34. The minimum absolute atomic E-state index is 0.0734. The normalized spacial score (nSPS) is 41.8. The highest BCUT2D eigenvalue weighted by Crippen LogP contribution is 2.69. The molecule has 0 heterocycles. The van der Waals surface area contributed by atoms with Gasteiger partial charge in [-0.2, -0.15) is 0 Å². The number of aliphatic hydroxyl groups is 7. The van der Waals surface area contributed by atoms with E-state index in [-0.39, 0.29) is 35.6 Å². The van der Waals surface area contributed by atoms with Crippen molar-refractivity contribution in [2.45, 2.75) is 128 Å². The summed E-state index contributed by atoms with van der Waals surface area (Å²) >= 11 is 0. The Morgan fingerprint density at radius 2 is 1.64 bits per heavy atom. The summed E-state index contributed by atoms with van der Waals surface area (Å²) in [5, 5.41) is 73.8. The van der Waals surface area contributed by atoms with Crippen LogP contribution in [0, 0.1) is 52.3 Å². The Morgan fingerprint density at radius 3 is 2.30 bits per heavy atom. The topological polar surface area (TPSA) is 212 Å². The van der Waals surface area contributed by atoms with Gasteiger partial charge in [0, 0.05) is 13.0 Å². The van der Waals surface area contributed by atoms with E-state index < -0.39 is 55.0 Å². The minimum atomic E-state index is -1.97. The molecule has 253 valence electrons. The van der Waals surface area contributed by atoms with Crippen LogP contribution in [-0.2, 0) is 9.59 Å². The molecule has 2 amide bonds. The van der Waals surface area contributed by atoms with Crippen LogP contribution in [0.15, 0.2) is 0 Å². The van der Waals surface area contributed by atoms with Crippen LogP contribution in [0.4, 0.5) is 0 Å². The number of carbonyl (C=O) groups is 2. The fraction of sp³-hybridized carbons (Fsp3) is 0.939. The number of nitrogens with one attached hydrogen (secondary N) is 2. The van der Waals surface area contributed by atoms with Crippen molar-refractivity contribution in [2.75, 3.05) is 13.2 Å². The molecule has 0 aromatic rings. The smallest absolute Gasteiger partial charge is 0.251 e. The second-order valence-electron chi connectivity index (χ2n) is 15.2. The number of fused-ring (bicyclic) bond motifs is 5. The summed E-state index contributed by atoms with van der Waals surface area (Å²) in [7, 11) is 0. The van der Waals surface area contributed by atoms with Crippen LogP contribution >= 0.6 is 0 Å². The monoisotopic (exact) mass is 625 g/mol. The Kier molecular flexibility index (Phi) is 11.5. The van der Waals surface area contributed by atoms with Gasteiger partial charge in [0.15, 0.2) is 6.10 Å². The van der Waals surface area contributed by atoms with E-state index in [9.17, 15) is 40.2 Å². The molecule has 0 bridgehead atoms. The van der Waals surface area contributed by atoms with E-state index in [0.717, 1.165) is 44.9 Å². The standard InChI is InChI=1S/C33H57N2O9/c1-17(6-11-27(34)40)22-9-10-23-21-8-7-19-14-20(37)13-18(32(19,2)24(21)15-26(39)33(22,23)3)5-4-12-35-31(44)30(43)29(42)28(41)25(38)16-36/h17-26,28-30,34,36-39,41-43H,4-16H2,1-3H3,(H,35,44)/t17-,18?,19-,20-,21+,22-,23+,24+,25-,26+,28-,29+,30-,32+,33-/m1/s1. The van der Waals surface area contributed by atoms with Gasteiger partial charge in [-0.25, -0.2) is 0 Å². The molecule has 44 heavy (non-hydrogen) atoms. The van der Waals surface area contributed by atoms with Crippen molar-refractivity contribution in [3.05, 3.63) is 0 Å². The SMILES string of the molecule is C[C@H](CCC([NH])=O)[C@H]1CC[C@H]2[C@@H]3CC[C@@H]4C[C@H](O)CC(CCCNC(=O)[C@H](O)[C@@H](O)[C@H](O)[C@H](O)CO)[C@]4(C)[C@H]3C[C@H](O)[C@]12C. The van der Waals surface area contributed by atoms with Crippen LogP contribution in [0.3, 0.4) is 0 Å². The molecule has 15 atom stereocenters. The van der Waals surface area contributed by atoms with Gasteiger partial charge in [-0.1, -0.05) is 20.8 Å². The van der Waals surface area contributed by atoms with Crippen LogP contribution in [0.1, 0.15) is 91.4 Å². The lowest BCUT2D eigenvalue weighted by Crippen LogP contribution is -2.61. The molecule has 4 aliphatic carbocycles. The van der Waals surface area contributed by atoms with Crippen LogP contribution in [0.2, 0.25) is 0 Å². The number of hydrogen-bond donors (Lipinski definition) is 8. The number of amides is 2. The van der Waals surface area contributed by atoms with Crippen LogP contribution in [-0.4, -0.2) is 97.3 Å². The van der Waals surface area contributed by atoms with E-state index in [0.29, 0.717) is 48.9 Å². The van der Waals surface area contributed by atoms with Gasteiger partial charge < -0.3 is 41.1 Å². The highest BCUT2D eigenvalue weighted by Gasteiger charge is 2.65. The van der Waals surface area contributed by atoms with Crippen LogP contribution in [0.5, 0.6) is 0 Å². The molecular weight excluding hydrogens is 568 g/mol. The molecular formula is C33H57N2O9. The van der Waals surface area contributed by atoms with Crippen molar-refractivity contribution in [2.24, 2.45) is 52.3 Å². The Balaban J connectivity index is 1.42. The predicted octanol–water partition coefficient (Wildman–Crippen LogP) is 0.761. The predicted molar refractivity (Wildman–Crippen MR) is 161 cm³/mol. The van der Waals surface area contributed by atoms with Crippen molar-refractivity contribution in [3.8, 4) is 0 Å². The maximum absolute atomic E-state index is 12.4. The van der Waals surface area contributed by atoms with Gasteiger partial charge in [0.25, 0.3) is 5.91 Å². The molecule has 9 N–H and O–H groups in total. The largest absolute Gasteiger partial charge is 0.394 e. The molecule has 1 unspecified atom stereocenters. The summed E-state index contributed by atoms with van der Waals surface area (Å²) < 4.78 is 0. The maximum atomic E-state index is 12.4. The quantitative estimate of drug-likeness (QED) is 0.136. The van der Waals surface area contributed by atoms with E-state index in [4.69, 9.17) is 10.8 Å². The molecule has 4 saturated carbocycles. The highest BCUT2D eigenvalue weighted by atomic mass is 16.4. The third-order valence-electron chi connectivity index (χ3n) is 13.2. The lowest BCUT2D eigenvalue weighted by molar-refractivity contribution is -0.193. The number of rotatable bonds is 13. The average molecular weight is 626 g/mol. The fourth-order valence-electron chi connectivity index (χ4n) is 10.7. The number of carbonyl (C=O) groups excluding carboxylic acids is 2. The Bertz CT molecular complexity index is 1000. The minimum Gasteiger partial charge on any atom is -0.394 e. The Morgan fingerprint density at radius 1 is 0.932 bits per heavy atom. The molecule has 4 rings (SSSR count). The van der Waals surface area contributed by atoms with Crippen molar-refractivity contribution in [1.82, 2.24) is 11.1 Å². The summed E-state index contributed by atoms with van der Waals surface area (Å²) in [4.78, 5) is 23.8. The molecule has 4 aliphatic rings. The molecule has 0 aliphatic heterocycles. The number of aliphatic hydroxyl groups excluding tert-OH is 7. The van der Waals surface area contributed by atoms with Gasteiger partial charge in [0.05, 0.1) is 18.8 Å². The van der Waals surface area contributed by atoms with Crippen molar-refractivity contribution in [3.63, 3.8) is 0 Å². The average Bonchev–Trinajstić information content (AvgIpc) is 3.35. The zero-order valence-electron chi connectivity index (χ0n) is 26.6. The molecule has 0 aromatic heterocycles. The molecule has 0 aromatic carbocycles. The highest BCUT2D eigenvalue weighted by molar-refractivity contribution is 5.81. The molecule has 11 nitrogen and oxygen atoms in total. The van der Waals surface area contributed by atoms with Gasteiger partial charge in [-0.15, -0.1) is 0 Å². The molecule has 11 heteroatoms. The zero-order chi connectivity index (χ0) is 32.6. The fourth-order valence-corrected chi connectivity index (χ4v) is 10.7.